The van der Waals surface area contributed by atoms with Crippen LogP contribution < -0.4 is 0 Å². The van der Waals surface area contributed by atoms with Crippen molar-refractivity contribution in [2.75, 3.05) is 19.5 Å². The molecule has 0 amide bonds. The van der Waals surface area contributed by atoms with Crippen molar-refractivity contribution in [3.8, 4) is 0 Å². The number of halogens is 1. The van der Waals surface area contributed by atoms with Gasteiger partial charge in [0.05, 0.1) is 0 Å². The van der Waals surface area contributed by atoms with E-state index in [4.69, 9.17) is 0 Å². The minimum absolute atomic E-state index is 0. The SMILES string of the molecule is CCCCCCCCCCCCCCCP(C)C.Cl. The van der Waals surface area contributed by atoms with Crippen LogP contribution in [0.4, 0.5) is 0 Å². The third kappa shape index (κ3) is 21.2. The van der Waals surface area contributed by atoms with Crippen molar-refractivity contribution in [3.05, 3.63) is 0 Å². The first-order chi connectivity index (χ1) is 8.77. The molecular weight excluding hydrogens is 271 g/mol. The molecule has 0 aliphatic rings. The molecule has 0 atom stereocenters. The van der Waals surface area contributed by atoms with Gasteiger partial charge in [0.25, 0.3) is 0 Å². The van der Waals surface area contributed by atoms with E-state index in [1.807, 2.05) is 0 Å². The van der Waals surface area contributed by atoms with E-state index >= 15 is 0 Å². The molecule has 19 heavy (non-hydrogen) atoms. The Bertz CT molecular complexity index is 148. The number of unbranched alkanes of at least 4 members (excludes halogenated alkanes) is 12. The Morgan fingerprint density at radius 2 is 0.842 bits per heavy atom. The molecule has 0 saturated carbocycles. The minimum atomic E-state index is 0. The van der Waals surface area contributed by atoms with Gasteiger partial charge in [0.1, 0.15) is 0 Å². The monoisotopic (exact) mass is 308 g/mol. The van der Waals surface area contributed by atoms with Crippen LogP contribution in [0, 0.1) is 0 Å². The van der Waals surface area contributed by atoms with Gasteiger partial charge in [-0.05, 0) is 25.9 Å². The summed E-state index contributed by atoms with van der Waals surface area (Å²) in [5.41, 5.74) is 0. The molecule has 0 aliphatic carbocycles. The van der Waals surface area contributed by atoms with Gasteiger partial charge < -0.3 is 0 Å². The maximum atomic E-state index is 2.40. The average molecular weight is 309 g/mol. The van der Waals surface area contributed by atoms with Crippen molar-refractivity contribution in [2.24, 2.45) is 0 Å². The van der Waals surface area contributed by atoms with Gasteiger partial charge in [-0.25, -0.2) is 0 Å². The summed E-state index contributed by atoms with van der Waals surface area (Å²) in [4.78, 5) is 0. The molecule has 0 aromatic rings. The Kier molecular flexibility index (Phi) is 21.7. The fourth-order valence-electron chi connectivity index (χ4n) is 2.45. The predicted molar refractivity (Wildman–Crippen MR) is 96.6 cm³/mol. The maximum Gasteiger partial charge on any atom is -0.0331 e. The molecule has 0 saturated heterocycles. The van der Waals surface area contributed by atoms with Crippen molar-refractivity contribution in [3.63, 3.8) is 0 Å². The fourth-order valence-corrected chi connectivity index (χ4v) is 3.30. The smallest absolute Gasteiger partial charge is 0.0331 e. The average Bonchev–Trinajstić information content (AvgIpc) is 2.34. The van der Waals surface area contributed by atoms with E-state index in [1.54, 1.807) is 0 Å². The standard InChI is InChI=1S/C17H37P.ClH/c1-4-5-6-7-8-9-10-11-12-13-14-15-16-17-18(2)3;/h4-17H2,1-3H3;1H. The van der Waals surface area contributed by atoms with E-state index in [9.17, 15) is 0 Å². The van der Waals surface area contributed by atoms with E-state index in [2.05, 4.69) is 20.3 Å². The molecule has 0 aliphatic heterocycles. The van der Waals surface area contributed by atoms with Crippen LogP contribution in [0.3, 0.4) is 0 Å². The highest BCUT2D eigenvalue weighted by Crippen LogP contribution is 2.26. The first-order valence-electron chi connectivity index (χ1n) is 8.42. The Morgan fingerprint density at radius 3 is 1.16 bits per heavy atom. The Hall–Kier alpha value is 0.720. The van der Waals surface area contributed by atoms with Crippen LogP contribution in [-0.2, 0) is 0 Å². The highest BCUT2D eigenvalue weighted by Gasteiger charge is 1.95. The molecule has 0 heterocycles. The van der Waals surface area contributed by atoms with Gasteiger partial charge in [0.15, 0.2) is 0 Å². The lowest BCUT2D eigenvalue weighted by atomic mass is 10.1. The summed E-state index contributed by atoms with van der Waals surface area (Å²) in [7, 11) is 0.360. The van der Waals surface area contributed by atoms with Crippen LogP contribution in [0.5, 0.6) is 0 Å². The molecule has 0 radical (unpaired) electrons. The molecule has 0 spiro atoms. The second-order valence-corrected chi connectivity index (χ2v) is 8.65. The van der Waals surface area contributed by atoms with Crippen LogP contribution >= 0.6 is 20.3 Å². The second-order valence-electron chi connectivity index (χ2n) is 6.05. The summed E-state index contributed by atoms with van der Waals surface area (Å²) in [6, 6.07) is 0. The summed E-state index contributed by atoms with van der Waals surface area (Å²) >= 11 is 0. The number of hydrogen-bond donors (Lipinski definition) is 0. The largest absolute Gasteiger partial charge is 0.147 e. The van der Waals surface area contributed by atoms with Crippen molar-refractivity contribution in [1.82, 2.24) is 0 Å². The van der Waals surface area contributed by atoms with Crippen LogP contribution in [0.2, 0.25) is 0 Å². The lowest BCUT2D eigenvalue weighted by molar-refractivity contribution is 0.543. The molecule has 0 fully saturated rings. The molecule has 2 heteroatoms. The van der Waals surface area contributed by atoms with E-state index in [0.29, 0.717) is 7.92 Å². The van der Waals surface area contributed by atoms with Gasteiger partial charge in [0.2, 0.25) is 0 Å². The number of hydrogen-bond acceptors (Lipinski definition) is 0. The first kappa shape index (κ1) is 22.0. The van der Waals surface area contributed by atoms with E-state index < -0.39 is 0 Å². The lowest BCUT2D eigenvalue weighted by Crippen LogP contribution is -1.85. The maximum absolute atomic E-state index is 2.40. The molecule has 0 N–H and O–H groups in total. The zero-order chi connectivity index (χ0) is 13.5. The van der Waals surface area contributed by atoms with Crippen LogP contribution in [0.15, 0.2) is 0 Å². The highest BCUT2D eigenvalue weighted by molar-refractivity contribution is 7.55. The molecule has 0 unspecified atom stereocenters. The third-order valence-electron chi connectivity index (χ3n) is 3.71. The molecule has 118 valence electrons. The predicted octanol–water partition coefficient (Wildman–Crippen LogP) is 7.24. The molecule has 0 aromatic carbocycles. The molecule has 0 bridgehead atoms. The van der Waals surface area contributed by atoms with Gasteiger partial charge in [-0.15, -0.1) is 20.3 Å². The van der Waals surface area contributed by atoms with E-state index in [-0.39, 0.29) is 12.4 Å². The zero-order valence-corrected chi connectivity index (χ0v) is 15.5. The third-order valence-corrected chi connectivity index (χ3v) is 4.92. The van der Waals surface area contributed by atoms with Crippen LogP contribution in [0.25, 0.3) is 0 Å². The van der Waals surface area contributed by atoms with Gasteiger partial charge in [-0.2, -0.15) is 0 Å². The topological polar surface area (TPSA) is 0 Å². The summed E-state index contributed by atoms with van der Waals surface area (Å²) < 4.78 is 0. The summed E-state index contributed by atoms with van der Waals surface area (Å²) in [5, 5.41) is 0. The molecule has 0 nitrogen and oxygen atoms in total. The van der Waals surface area contributed by atoms with Crippen molar-refractivity contribution in [1.29, 1.82) is 0 Å². The van der Waals surface area contributed by atoms with Gasteiger partial charge >= 0.3 is 0 Å². The van der Waals surface area contributed by atoms with Gasteiger partial charge in [0, 0.05) is 0 Å². The second kappa shape index (κ2) is 18.7. The summed E-state index contributed by atoms with van der Waals surface area (Å²) in [6.07, 6.45) is 20.6. The first-order valence-corrected chi connectivity index (χ1v) is 10.8. The van der Waals surface area contributed by atoms with Crippen molar-refractivity contribution < 1.29 is 0 Å². The molecular formula is C17H38ClP. The molecule has 0 aromatic heterocycles. The lowest BCUT2D eigenvalue weighted by Gasteiger charge is -2.05. The summed E-state index contributed by atoms with van der Waals surface area (Å²) in [5.74, 6) is 0. The van der Waals surface area contributed by atoms with Crippen LogP contribution in [-0.4, -0.2) is 19.5 Å². The molecule has 0 rings (SSSR count). The van der Waals surface area contributed by atoms with E-state index in [1.165, 1.54) is 89.6 Å². The normalized spacial score (nSPS) is 10.7. The fraction of sp³-hybridized carbons (Fsp3) is 1.00. The Balaban J connectivity index is 0. The van der Waals surface area contributed by atoms with Crippen LogP contribution in [0.1, 0.15) is 90.4 Å². The van der Waals surface area contributed by atoms with Gasteiger partial charge in [-0.1, -0.05) is 84.0 Å². The van der Waals surface area contributed by atoms with Crippen molar-refractivity contribution >= 4 is 20.3 Å². The minimum Gasteiger partial charge on any atom is -0.147 e. The van der Waals surface area contributed by atoms with Crippen molar-refractivity contribution in [2.45, 2.75) is 90.4 Å². The summed E-state index contributed by atoms with van der Waals surface area (Å²) in [6.45, 7) is 7.09. The van der Waals surface area contributed by atoms with Gasteiger partial charge in [-0.3, -0.25) is 0 Å². The Morgan fingerprint density at radius 1 is 0.526 bits per heavy atom. The quantitative estimate of drug-likeness (QED) is 0.234. The van der Waals surface area contributed by atoms with E-state index in [0.717, 1.165) is 0 Å². The Labute approximate surface area is 130 Å². The highest BCUT2D eigenvalue weighted by atomic mass is 35.5. The zero-order valence-electron chi connectivity index (χ0n) is 13.8. The number of rotatable bonds is 14.